The van der Waals surface area contributed by atoms with Crippen molar-refractivity contribution in [2.24, 2.45) is 7.05 Å². The number of pyridine rings is 1. The van der Waals surface area contributed by atoms with Gasteiger partial charge in [0, 0.05) is 44.4 Å². The van der Waals surface area contributed by atoms with E-state index in [4.69, 9.17) is 14.2 Å². The predicted octanol–water partition coefficient (Wildman–Crippen LogP) is 3.80. The minimum absolute atomic E-state index is 0.0521. The second kappa shape index (κ2) is 7.98. The Labute approximate surface area is 185 Å². The summed E-state index contributed by atoms with van der Waals surface area (Å²) in [6, 6.07) is 10.8. The fourth-order valence-electron chi connectivity index (χ4n) is 4.57. The first-order valence-corrected chi connectivity index (χ1v) is 10.6. The maximum atomic E-state index is 13.7. The summed E-state index contributed by atoms with van der Waals surface area (Å²) in [6.07, 6.45) is 0.783. The van der Waals surface area contributed by atoms with Gasteiger partial charge < -0.3 is 18.8 Å². The number of halogens is 1. The van der Waals surface area contributed by atoms with Gasteiger partial charge in [-0.3, -0.25) is 9.69 Å². The van der Waals surface area contributed by atoms with Crippen LogP contribution in [-0.2, 0) is 26.6 Å². The first-order valence-electron chi connectivity index (χ1n) is 10.6. The van der Waals surface area contributed by atoms with Crippen LogP contribution in [0, 0.1) is 12.7 Å². The molecule has 0 fully saturated rings. The van der Waals surface area contributed by atoms with E-state index in [1.807, 2.05) is 25.2 Å². The molecule has 6 nitrogen and oxygen atoms in total. The number of methoxy groups -OCH3 is 1. The van der Waals surface area contributed by atoms with E-state index in [9.17, 15) is 9.18 Å². The van der Waals surface area contributed by atoms with Crippen LogP contribution in [0.1, 0.15) is 22.4 Å². The van der Waals surface area contributed by atoms with Gasteiger partial charge in [-0.25, -0.2) is 4.39 Å². The Bertz CT molecular complexity index is 1270. The SMILES string of the molecule is COc1cc(CN2CCc3c(cc(-c4ccc(F)c(C)c4)c(=O)n3C)C2)cc2c1OCO2. The summed E-state index contributed by atoms with van der Waals surface area (Å²) in [5.74, 6) is 1.75. The van der Waals surface area contributed by atoms with Crippen molar-refractivity contribution in [2.75, 3.05) is 20.4 Å². The van der Waals surface area contributed by atoms with Gasteiger partial charge in [0.25, 0.3) is 5.56 Å². The minimum atomic E-state index is -0.270. The smallest absolute Gasteiger partial charge is 0.258 e. The Balaban J connectivity index is 1.45. The molecule has 2 aliphatic rings. The number of hydrogen-bond donors (Lipinski definition) is 0. The molecule has 5 rings (SSSR count). The summed E-state index contributed by atoms with van der Waals surface area (Å²) in [7, 11) is 3.44. The molecule has 0 atom stereocenters. The van der Waals surface area contributed by atoms with Gasteiger partial charge in [-0.15, -0.1) is 0 Å². The molecule has 3 heterocycles. The van der Waals surface area contributed by atoms with Gasteiger partial charge in [-0.2, -0.15) is 0 Å². The zero-order chi connectivity index (χ0) is 22.4. The van der Waals surface area contributed by atoms with E-state index in [1.165, 1.54) is 6.07 Å². The number of nitrogens with zero attached hydrogens (tertiary/aromatic N) is 2. The molecule has 0 saturated carbocycles. The molecule has 0 aliphatic carbocycles. The largest absolute Gasteiger partial charge is 0.493 e. The van der Waals surface area contributed by atoms with Gasteiger partial charge >= 0.3 is 0 Å². The molecule has 0 unspecified atom stereocenters. The number of hydrogen-bond acceptors (Lipinski definition) is 5. The monoisotopic (exact) mass is 436 g/mol. The molecule has 0 saturated heterocycles. The second-order valence-electron chi connectivity index (χ2n) is 8.35. The molecule has 2 aromatic carbocycles. The van der Waals surface area contributed by atoms with Crippen LogP contribution in [0.5, 0.6) is 17.2 Å². The second-order valence-corrected chi connectivity index (χ2v) is 8.35. The highest BCUT2D eigenvalue weighted by Gasteiger charge is 2.24. The molecule has 32 heavy (non-hydrogen) atoms. The fourth-order valence-corrected chi connectivity index (χ4v) is 4.57. The highest BCUT2D eigenvalue weighted by atomic mass is 19.1. The van der Waals surface area contributed by atoms with E-state index in [2.05, 4.69) is 4.90 Å². The molecular weight excluding hydrogens is 411 g/mol. The van der Waals surface area contributed by atoms with Gasteiger partial charge in [-0.05, 0) is 59.5 Å². The Morgan fingerprint density at radius 3 is 2.78 bits per heavy atom. The van der Waals surface area contributed by atoms with Crippen molar-refractivity contribution in [3.8, 4) is 28.4 Å². The van der Waals surface area contributed by atoms with E-state index in [0.29, 0.717) is 34.9 Å². The summed E-state index contributed by atoms with van der Waals surface area (Å²) in [5.41, 5.74) is 5.06. The third-order valence-corrected chi connectivity index (χ3v) is 6.28. The summed E-state index contributed by atoms with van der Waals surface area (Å²) >= 11 is 0. The van der Waals surface area contributed by atoms with Crippen LogP contribution < -0.4 is 19.8 Å². The van der Waals surface area contributed by atoms with Crippen molar-refractivity contribution in [1.82, 2.24) is 9.47 Å². The maximum absolute atomic E-state index is 13.7. The molecule has 166 valence electrons. The average Bonchev–Trinajstić information content (AvgIpc) is 3.26. The van der Waals surface area contributed by atoms with Crippen LogP contribution in [-0.4, -0.2) is 29.9 Å². The lowest BCUT2D eigenvalue weighted by molar-refractivity contribution is 0.171. The highest BCUT2D eigenvalue weighted by Crippen LogP contribution is 2.42. The molecule has 0 radical (unpaired) electrons. The first kappa shape index (κ1) is 20.6. The van der Waals surface area contributed by atoms with E-state index in [-0.39, 0.29) is 18.2 Å². The quantitative estimate of drug-likeness (QED) is 0.623. The van der Waals surface area contributed by atoms with Gasteiger partial charge in [0.05, 0.1) is 7.11 Å². The van der Waals surface area contributed by atoms with Gasteiger partial charge in [0.15, 0.2) is 11.5 Å². The molecule has 0 amide bonds. The van der Waals surface area contributed by atoms with E-state index < -0.39 is 0 Å². The Morgan fingerprint density at radius 1 is 1.16 bits per heavy atom. The van der Waals surface area contributed by atoms with Crippen LogP contribution in [0.15, 0.2) is 41.2 Å². The summed E-state index contributed by atoms with van der Waals surface area (Å²) in [4.78, 5) is 15.3. The average molecular weight is 436 g/mol. The van der Waals surface area contributed by atoms with Crippen LogP contribution in [0.25, 0.3) is 11.1 Å². The third-order valence-electron chi connectivity index (χ3n) is 6.28. The third kappa shape index (κ3) is 3.52. The van der Waals surface area contributed by atoms with Gasteiger partial charge in [-0.1, -0.05) is 6.07 Å². The van der Waals surface area contributed by atoms with Crippen LogP contribution in [0.4, 0.5) is 4.39 Å². The van der Waals surface area contributed by atoms with Crippen molar-refractivity contribution in [3.05, 3.63) is 75.0 Å². The Hall–Kier alpha value is -3.32. The number of aromatic nitrogens is 1. The number of ether oxygens (including phenoxy) is 3. The van der Waals surface area contributed by atoms with E-state index >= 15 is 0 Å². The standard InChI is InChI=1S/C25H25FN2O4/c1-15-8-17(4-5-20(15)26)19-11-18-13-28(7-6-21(18)27(2)25(19)29)12-16-9-22(30-3)24-23(10-16)31-14-32-24/h4-5,8-11H,6-7,12-14H2,1-3H3. The summed E-state index contributed by atoms with van der Waals surface area (Å²) < 4.78 is 32.0. The molecule has 7 heteroatoms. The van der Waals surface area contributed by atoms with Crippen molar-refractivity contribution < 1.29 is 18.6 Å². The van der Waals surface area contributed by atoms with Crippen LogP contribution in [0.2, 0.25) is 0 Å². The summed E-state index contributed by atoms with van der Waals surface area (Å²) in [5, 5.41) is 0. The zero-order valence-corrected chi connectivity index (χ0v) is 18.4. The lowest BCUT2D eigenvalue weighted by Crippen LogP contribution is -2.35. The van der Waals surface area contributed by atoms with E-state index in [0.717, 1.165) is 41.9 Å². The van der Waals surface area contributed by atoms with Crippen molar-refractivity contribution in [1.29, 1.82) is 0 Å². The van der Waals surface area contributed by atoms with Crippen LogP contribution >= 0.6 is 0 Å². The van der Waals surface area contributed by atoms with Crippen molar-refractivity contribution >= 4 is 0 Å². The molecule has 0 spiro atoms. The van der Waals surface area contributed by atoms with E-state index in [1.54, 1.807) is 30.7 Å². The number of rotatable bonds is 4. The molecule has 1 aromatic heterocycles. The Kier molecular flexibility index (Phi) is 5.13. The fraction of sp³-hybridized carbons (Fsp3) is 0.320. The zero-order valence-electron chi connectivity index (χ0n) is 18.4. The lowest BCUT2D eigenvalue weighted by atomic mass is 9.98. The molecule has 0 bridgehead atoms. The topological polar surface area (TPSA) is 52.9 Å². The minimum Gasteiger partial charge on any atom is -0.493 e. The number of benzene rings is 2. The molecule has 2 aliphatic heterocycles. The summed E-state index contributed by atoms with van der Waals surface area (Å²) in [6.45, 7) is 4.19. The maximum Gasteiger partial charge on any atom is 0.258 e. The van der Waals surface area contributed by atoms with Gasteiger partial charge in [0.1, 0.15) is 5.82 Å². The number of fused-ring (bicyclic) bond motifs is 2. The first-order chi connectivity index (χ1) is 15.4. The Morgan fingerprint density at radius 2 is 2.00 bits per heavy atom. The van der Waals surface area contributed by atoms with Crippen molar-refractivity contribution in [3.63, 3.8) is 0 Å². The molecule has 3 aromatic rings. The predicted molar refractivity (Wildman–Crippen MR) is 119 cm³/mol. The van der Waals surface area contributed by atoms with Gasteiger partial charge in [0.2, 0.25) is 12.5 Å². The van der Waals surface area contributed by atoms with Crippen LogP contribution in [0.3, 0.4) is 0 Å². The normalized spacial score (nSPS) is 15.0. The molecule has 0 N–H and O–H groups in total. The lowest BCUT2D eigenvalue weighted by Gasteiger charge is -2.30. The highest BCUT2D eigenvalue weighted by molar-refractivity contribution is 5.64. The van der Waals surface area contributed by atoms with Crippen molar-refractivity contribution in [2.45, 2.75) is 26.4 Å². The number of aryl methyl sites for hydroxylation is 1. The molecular formula is C25H25FN2O4.